The molecule has 1 aliphatic heterocycles. The Morgan fingerprint density at radius 1 is 2.00 bits per heavy atom. The molecular weight excluding hydrogens is 92.1 g/mol. The zero-order chi connectivity index (χ0) is 5.28. The van der Waals surface area contributed by atoms with E-state index in [2.05, 4.69) is 5.32 Å². The Bertz CT molecular complexity index is 89.7. The zero-order valence-electron chi connectivity index (χ0n) is 3.98. The van der Waals surface area contributed by atoms with Gasteiger partial charge in [0.2, 0.25) is 5.91 Å². The Labute approximate surface area is 41.9 Å². The smallest absolute Gasteiger partial charge is 0.226 e. The van der Waals surface area contributed by atoms with Gasteiger partial charge in [-0.2, -0.15) is 0 Å². The van der Waals surface area contributed by atoms with E-state index in [1.165, 1.54) is 0 Å². The number of carbonyl (C=O) groups is 1. The molecule has 0 aliphatic carbocycles. The molecule has 7 heavy (non-hydrogen) atoms. The fourth-order valence-electron chi connectivity index (χ4n) is 0.520. The number of nitrogens with two attached hydrogens (primary N) is 1. The largest absolute Gasteiger partial charge is 0.355 e. The quantitative estimate of drug-likeness (QED) is 0.402. The fraction of sp³-hybridized carbons (Fsp3) is 0.750. The molecule has 3 nitrogen and oxygen atoms in total. The molecule has 1 atom stereocenters. The van der Waals surface area contributed by atoms with Crippen molar-refractivity contribution in [2.75, 3.05) is 13.1 Å². The number of amides is 1. The monoisotopic (exact) mass is 100 g/mol. The summed E-state index contributed by atoms with van der Waals surface area (Å²) < 4.78 is 0. The summed E-state index contributed by atoms with van der Waals surface area (Å²) in [4.78, 5) is 10.3. The molecule has 1 rings (SSSR count). The summed E-state index contributed by atoms with van der Waals surface area (Å²) in [6.45, 7) is 1.27. The van der Waals surface area contributed by atoms with E-state index >= 15 is 0 Å². The number of nitrogens with one attached hydrogen (secondary N) is 1. The van der Waals surface area contributed by atoms with E-state index in [4.69, 9.17) is 5.73 Å². The summed E-state index contributed by atoms with van der Waals surface area (Å²) in [5, 5.41) is 2.59. The Morgan fingerprint density at radius 3 is 2.71 bits per heavy atom. The zero-order valence-corrected chi connectivity index (χ0v) is 3.98. The van der Waals surface area contributed by atoms with Gasteiger partial charge in [-0.3, -0.25) is 4.79 Å². The third kappa shape index (κ3) is 0.587. The minimum absolute atomic E-state index is 0.0995. The number of hydrogen-bond donors (Lipinski definition) is 2. The second-order valence-corrected chi connectivity index (χ2v) is 1.68. The maximum Gasteiger partial charge on any atom is 0.226 e. The molecule has 0 radical (unpaired) electrons. The predicted octanol–water partition coefficient (Wildman–Crippen LogP) is -1.31. The lowest BCUT2D eigenvalue weighted by Gasteiger charge is -2.23. The molecule has 0 saturated carbocycles. The van der Waals surface area contributed by atoms with Crippen molar-refractivity contribution in [3.8, 4) is 0 Å². The lowest BCUT2D eigenvalue weighted by molar-refractivity contribution is -0.130. The van der Waals surface area contributed by atoms with Crippen molar-refractivity contribution >= 4 is 5.91 Å². The number of β-lactam (4-membered cyclic amide) rings is 1. The summed E-state index contributed by atoms with van der Waals surface area (Å²) in [5.41, 5.74) is 5.16. The van der Waals surface area contributed by atoms with Crippen LogP contribution >= 0.6 is 0 Å². The summed E-state index contributed by atoms with van der Waals surface area (Å²) in [5.74, 6) is 0.211. The van der Waals surface area contributed by atoms with Crippen molar-refractivity contribution in [2.45, 2.75) is 0 Å². The average molecular weight is 100 g/mol. The molecule has 3 heteroatoms. The van der Waals surface area contributed by atoms with E-state index in [0.29, 0.717) is 6.54 Å². The average Bonchev–Trinajstić information content (AvgIpc) is 1.65. The van der Waals surface area contributed by atoms with Gasteiger partial charge in [0.25, 0.3) is 0 Å². The van der Waals surface area contributed by atoms with Gasteiger partial charge in [-0.1, -0.05) is 0 Å². The Morgan fingerprint density at radius 2 is 2.71 bits per heavy atom. The summed E-state index contributed by atoms with van der Waals surface area (Å²) in [7, 11) is 0. The molecule has 0 unspecified atom stereocenters. The van der Waals surface area contributed by atoms with Gasteiger partial charge in [-0.05, 0) is 0 Å². The van der Waals surface area contributed by atoms with Crippen LogP contribution in [0.25, 0.3) is 0 Å². The third-order valence-electron chi connectivity index (χ3n) is 1.18. The van der Waals surface area contributed by atoms with Gasteiger partial charge in [0.15, 0.2) is 0 Å². The molecule has 0 spiro atoms. The van der Waals surface area contributed by atoms with E-state index in [-0.39, 0.29) is 11.8 Å². The maximum atomic E-state index is 10.3. The highest BCUT2D eigenvalue weighted by Gasteiger charge is 2.24. The van der Waals surface area contributed by atoms with Gasteiger partial charge in [0.1, 0.15) is 0 Å². The SMILES string of the molecule is NC[C@H]1CNC1=O. The minimum atomic E-state index is 0.0995. The molecule has 1 fully saturated rings. The first kappa shape index (κ1) is 4.59. The lowest BCUT2D eigenvalue weighted by atomic mass is 10.0. The summed E-state index contributed by atoms with van der Waals surface area (Å²) in [6, 6.07) is 0. The van der Waals surface area contributed by atoms with Crippen LogP contribution in [-0.2, 0) is 4.79 Å². The normalized spacial score (nSPS) is 28.7. The molecule has 1 aliphatic rings. The van der Waals surface area contributed by atoms with Crippen molar-refractivity contribution in [3.05, 3.63) is 0 Å². The van der Waals surface area contributed by atoms with E-state index in [9.17, 15) is 4.79 Å². The highest BCUT2D eigenvalue weighted by atomic mass is 16.2. The first-order valence-electron chi connectivity index (χ1n) is 2.32. The molecule has 0 bridgehead atoms. The highest BCUT2D eigenvalue weighted by molar-refractivity contribution is 5.84. The van der Waals surface area contributed by atoms with Crippen LogP contribution in [0.4, 0.5) is 0 Å². The van der Waals surface area contributed by atoms with E-state index in [1.54, 1.807) is 0 Å². The number of rotatable bonds is 1. The second kappa shape index (κ2) is 1.50. The number of carbonyl (C=O) groups excluding carboxylic acids is 1. The van der Waals surface area contributed by atoms with Crippen molar-refractivity contribution in [3.63, 3.8) is 0 Å². The van der Waals surface area contributed by atoms with Crippen molar-refractivity contribution in [1.82, 2.24) is 5.32 Å². The summed E-state index contributed by atoms with van der Waals surface area (Å²) >= 11 is 0. The highest BCUT2D eigenvalue weighted by Crippen LogP contribution is 1.99. The van der Waals surface area contributed by atoms with Gasteiger partial charge in [-0.15, -0.1) is 0 Å². The van der Waals surface area contributed by atoms with Crippen LogP contribution in [0.15, 0.2) is 0 Å². The molecule has 1 heterocycles. The minimum Gasteiger partial charge on any atom is -0.355 e. The van der Waals surface area contributed by atoms with E-state index in [1.807, 2.05) is 0 Å². The summed E-state index contributed by atoms with van der Waals surface area (Å²) in [6.07, 6.45) is 0. The van der Waals surface area contributed by atoms with Crippen LogP contribution < -0.4 is 11.1 Å². The van der Waals surface area contributed by atoms with Crippen LogP contribution in [0.2, 0.25) is 0 Å². The molecule has 1 amide bonds. The molecule has 0 aromatic rings. The van der Waals surface area contributed by atoms with Gasteiger partial charge in [0.05, 0.1) is 5.92 Å². The molecule has 40 valence electrons. The fourth-order valence-corrected chi connectivity index (χ4v) is 0.520. The van der Waals surface area contributed by atoms with Crippen LogP contribution in [0.5, 0.6) is 0 Å². The first-order chi connectivity index (χ1) is 3.34. The Kier molecular flexibility index (Phi) is 0.982. The molecule has 0 aromatic carbocycles. The lowest BCUT2D eigenvalue weighted by Crippen LogP contribution is -2.51. The maximum absolute atomic E-state index is 10.3. The van der Waals surface area contributed by atoms with Gasteiger partial charge in [0, 0.05) is 13.1 Å². The Balaban J connectivity index is 2.29. The van der Waals surface area contributed by atoms with Crippen molar-refractivity contribution < 1.29 is 4.79 Å². The van der Waals surface area contributed by atoms with Crippen LogP contribution in [-0.4, -0.2) is 19.0 Å². The Hall–Kier alpha value is -0.570. The van der Waals surface area contributed by atoms with Crippen LogP contribution in [0, 0.1) is 5.92 Å². The molecule has 3 N–H and O–H groups in total. The molecule has 1 saturated heterocycles. The van der Waals surface area contributed by atoms with E-state index < -0.39 is 0 Å². The second-order valence-electron chi connectivity index (χ2n) is 1.68. The molecule has 0 aromatic heterocycles. The van der Waals surface area contributed by atoms with E-state index in [0.717, 1.165) is 6.54 Å². The van der Waals surface area contributed by atoms with Crippen LogP contribution in [0.3, 0.4) is 0 Å². The van der Waals surface area contributed by atoms with Crippen molar-refractivity contribution in [1.29, 1.82) is 0 Å². The van der Waals surface area contributed by atoms with Crippen molar-refractivity contribution in [2.24, 2.45) is 11.7 Å². The van der Waals surface area contributed by atoms with Gasteiger partial charge < -0.3 is 11.1 Å². The van der Waals surface area contributed by atoms with Gasteiger partial charge >= 0.3 is 0 Å². The standard InChI is InChI=1S/C4H8N2O/c5-1-3-2-6-4(3)7/h3H,1-2,5H2,(H,6,7)/t3-/m0/s1. The third-order valence-corrected chi connectivity index (χ3v) is 1.18. The molecular formula is C4H8N2O. The van der Waals surface area contributed by atoms with Crippen LogP contribution in [0.1, 0.15) is 0 Å². The topological polar surface area (TPSA) is 55.1 Å². The van der Waals surface area contributed by atoms with Gasteiger partial charge in [-0.25, -0.2) is 0 Å². The number of hydrogen-bond acceptors (Lipinski definition) is 2. The first-order valence-corrected chi connectivity index (χ1v) is 2.32. The predicted molar refractivity (Wildman–Crippen MR) is 25.6 cm³/mol.